The van der Waals surface area contributed by atoms with Crippen molar-refractivity contribution in [2.75, 3.05) is 0 Å². The van der Waals surface area contributed by atoms with Gasteiger partial charge in [0, 0.05) is 18.8 Å². The lowest BCUT2D eigenvalue weighted by Crippen LogP contribution is -2.53. The Kier molecular flexibility index (Phi) is 3.93. The molecule has 6 atom stereocenters. The Balaban J connectivity index is 1.66. The molecule has 4 rings (SSSR count). The average Bonchev–Trinajstić information content (AvgIpc) is 2.90. The Labute approximate surface area is 149 Å². The Morgan fingerprint density at radius 2 is 1.96 bits per heavy atom. The Morgan fingerprint density at radius 3 is 2.68 bits per heavy atom. The lowest BCUT2D eigenvalue weighted by molar-refractivity contribution is -0.157. The zero-order valence-electron chi connectivity index (χ0n) is 15.3. The van der Waals surface area contributed by atoms with Gasteiger partial charge < -0.3 is 9.53 Å². The Bertz CT molecular complexity index is 650. The number of rotatable bonds is 2. The number of aldehydes is 1. The molecule has 1 unspecified atom stereocenters. The fraction of sp³-hybridized carbons (Fsp3) is 0.762. The molecule has 0 N–H and O–H groups in total. The van der Waals surface area contributed by atoms with Crippen LogP contribution < -0.4 is 0 Å². The van der Waals surface area contributed by atoms with Crippen LogP contribution in [0, 0.1) is 28.6 Å². The van der Waals surface area contributed by atoms with Crippen molar-refractivity contribution in [1.29, 1.82) is 0 Å². The molecule has 4 aliphatic rings. The van der Waals surface area contributed by atoms with Gasteiger partial charge in [0.1, 0.15) is 12.4 Å². The van der Waals surface area contributed by atoms with Gasteiger partial charge in [-0.1, -0.05) is 12.5 Å². The van der Waals surface area contributed by atoms with Gasteiger partial charge >= 0.3 is 5.97 Å². The molecule has 0 aliphatic heterocycles. The van der Waals surface area contributed by atoms with Crippen LogP contribution in [0.15, 0.2) is 11.6 Å². The van der Waals surface area contributed by atoms with Crippen molar-refractivity contribution in [3.8, 4) is 0 Å². The molecule has 3 fully saturated rings. The SMILES string of the molecule is CC(=O)OC1CC[C@H]2[C@@H]3CCC4=CC(=O)CC[C@]4(C=O)[C@@H]3CC[C@]12C. The molecule has 0 saturated heterocycles. The number of esters is 1. The minimum Gasteiger partial charge on any atom is -0.462 e. The van der Waals surface area contributed by atoms with E-state index in [9.17, 15) is 14.4 Å². The highest BCUT2D eigenvalue weighted by Crippen LogP contribution is 2.65. The molecule has 4 nitrogen and oxygen atoms in total. The molecule has 136 valence electrons. The third kappa shape index (κ3) is 2.36. The van der Waals surface area contributed by atoms with Crippen molar-refractivity contribution in [1.82, 2.24) is 0 Å². The van der Waals surface area contributed by atoms with Crippen molar-refractivity contribution >= 4 is 18.0 Å². The van der Waals surface area contributed by atoms with Crippen molar-refractivity contribution in [3.05, 3.63) is 11.6 Å². The first-order valence-corrected chi connectivity index (χ1v) is 9.78. The fourth-order valence-corrected chi connectivity index (χ4v) is 6.84. The number of carbonyl (C=O) groups is 3. The third-order valence-corrected chi connectivity index (χ3v) is 8.00. The summed E-state index contributed by atoms with van der Waals surface area (Å²) in [4.78, 5) is 35.6. The maximum atomic E-state index is 12.2. The van der Waals surface area contributed by atoms with Gasteiger partial charge in [-0.25, -0.2) is 0 Å². The molecule has 4 heteroatoms. The second-order valence-corrected chi connectivity index (χ2v) is 8.93. The van der Waals surface area contributed by atoms with Gasteiger partial charge in [-0.3, -0.25) is 9.59 Å². The van der Waals surface area contributed by atoms with Crippen LogP contribution in [-0.2, 0) is 19.1 Å². The van der Waals surface area contributed by atoms with E-state index in [2.05, 4.69) is 6.92 Å². The smallest absolute Gasteiger partial charge is 0.302 e. The largest absolute Gasteiger partial charge is 0.462 e. The summed E-state index contributed by atoms with van der Waals surface area (Å²) in [6, 6.07) is 0. The Hall–Kier alpha value is -1.45. The van der Waals surface area contributed by atoms with Crippen LogP contribution >= 0.6 is 0 Å². The number of hydrogen-bond acceptors (Lipinski definition) is 4. The van der Waals surface area contributed by atoms with Gasteiger partial charge in [0.15, 0.2) is 5.78 Å². The minimum atomic E-state index is -0.405. The second kappa shape index (κ2) is 5.78. The van der Waals surface area contributed by atoms with Gasteiger partial charge in [-0.05, 0) is 68.8 Å². The number of ether oxygens (including phenoxy) is 1. The number of carbonyl (C=O) groups excluding carboxylic acids is 3. The quantitative estimate of drug-likeness (QED) is 0.567. The maximum absolute atomic E-state index is 12.2. The Morgan fingerprint density at radius 1 is 1.16 bits per heavy atom. The van der Waals surface area contributed by atoms with Gasteiger partial charge in [-0.2, -0.15) is 0 Å². The standard InChI is InChI=1S/C21H28O4/c1-13(23)25-19-6-5-17-16-4-3-14-11-15(24)7-10-21(14,12-22)18(16)8-9-20(17,19)2/h11-12,16-19H,3-10H2,1-2H3/t16-,17-,18+,19?,20-,21+/m0/s1. The van der Waals surface area contributed by atoms with Gasteiger partial charge in [0.05, 0.1) is 5.41 Å². The summed E-state index contributed by atoms with van der Waals surface area (Å²) >= 11 is 0. The maximum Gasteiger partial charge on any atom is 0.302 e. The van der Waals surface area contributed by atoms with E-state index < -0.39 is 5.41 Å². The first-order valence-electron chi connectivity index (χ1n) is 9.78. The highest BCUT2D eigenvalue weighted by Gasteiger charge is 2.61. The lowest BCUT2D eigenvalue weighted by Gasteiger charge is -2.56. The minimum absolute atomic E-state index is 0.0213. The molecule has 0 heterocycles. The topological polar surface area (TPSA) is 60.4 Å². The number of allylic oxidation sites excluding steroid dienone is 1. The van der Waals surface area contributed by atoms with Crippen LogP contribution in [0.25, 0.3) is 0 Å². The zero-order valence-corrected chi connectivity index (χ0v) is 15.3. The molecule has 0 radical (unpaired) electrons. The van der Waals surface area contributed by atoms with E-state index in [0.717, 1.165) is 44.1 Å². The van der Waals surface area contributed by atoms with Crippen LogP contribution in [0.1, 0.15) is 65.2 Å². The average molecular weight is 344 g/mol. The predicted octanol–water partition coefficient (Wildman–Crippen LogP) is 3.63. The fourth-order valence-electron chi connectivity index (χ4n) is 6.84. The van der Waals surface area contributed by atoms with Gasteiger partial charge in [0.25, 0.3) is 0 Å². The molecule has 0 aromatic rings. The molecule has 0 bridgehead atoms. The summed E-state index contributed by atoms with van der Waals surface area (Å²) in [6.45, 7) is 3.79. The van der Waals surface area contributed by atoms with Gasteiger partial charge in [0.2, 0.25) is 0 Å². The van der Waals surface area contributed by atoms with Crippen molar-refractivity contribution < 1.29 is 19.1 Å². The summed E-state index contributed by atoms with van der Waals surface area (Å²) in [6.07, 6.45) is 10.1. The van der Waals surface area contributed by atoms with E-state index in [1.807, 2.05) is 0 Å². The first-order chi connectivity index (χ1) is 11.9. The van der Waals surface area contributed by atoms with E-state index in [4.69, 9.17) is 4.74 Å². The van der Waals surface area contributed by atoms with Crippen molar-refractivity contribution in [2.45, 2.75) is 71.3 Å². The number of fused-ring (bicyclic) bond motifs is 5. The summed E-state index contributed by atoms with van der Waals surface area (Å²) < 4.78 is 5.67. The molecule has 3 saturated carbocycles. The van der Waals surface area contributed by atoms with E-state index in [1.54, 1.807) is 6.08 Å². The zero-order chi connectivity index (χ0) is 17.8. The van der Waals surface area contributed by atoms with E-state index in [-0.39, 0.29) is 23.3 Å². The lowest BCUT2D eigenvalue weighted by atomic mass is 9.47. The summed E-state index contributed by atoms with van der Waals surface area (Å²) in [5.41, 5.74) is 0.735. The van der Waals surface area contributed by atoms with Crippen LogP contribution in [0.2, 0.25) is 0 Å². The molecule has 0 aromatic heterocycles. The van der Waals surface area contributed by atoms with E-state index >= 15 is 0 Å². The molecular weight excluding hydrogens is 316 g/mol. The van der Waals surface area contributed by atoms with Crippen LogP contribution in [-0.4, -0.2) is 24.1 Å². The molecule has 0 aromatic carbocycles. The van der Waals surface area contributed by atoms with Crippen molar-refractivity contribution in [2.24, 2.45) is 28.6 Å². The summed E-state index contributed by atoms with van der Waals surface area (Å²) in [5, 5.41) is 0. The highest BCUT2D eigenvalue weighted by atomic mass is 16.5. The van der Waals surface area contributed by atoms with Gasteiger partial charge in [-0.15, -0.1) is 0 Å². The highest BCUT2D eigenvalue weighted by molar-refractivity contribution is 5.93. The van der Waals surface area contributed by atoms with Crippen LogP contribution in [0.4, 0.5) is 0 Å². The van der Waals surface area contributed by atoms with E-state index in [0.29, 0.717) is 30.6 Å². The van der Waals surface area contributed by atoms with Crippen LogP contribution in [0.3, 0.4) is 0 Å². The molecule has 25 heavy (non-hydrogen) atoms. The molecule has 0 amide bonds. The molecular formula is C21H28O4. The second-order valence-electron chi connectivity index (χ2n) is 8.93. The molecule has 4 aliphatic carbocycles. The third-order valence-electron chi connectivity index (χ3n) is 8.00. The summed E-state index contributed by atoms with van der Waals surface area (Å²) in [5.74, 6) is 1.38. The van der Waals surface area contributed by atoms with Crippen molar-refractivity contribution in [3.63, 3.8) is 0 Å². The summed E-state index contributed by atoms with van der Waals surface area (Å²) in [7, 11) is 0. The van der Waals surface area contributed by atoms with E-state index in [1.165, 1.54) is 13.2 Å². The normalized spacial score (nSPS) is 45.7. The first kappa shape index (κ1) is 17.0. The number of hydrogen-bond donors (Lipinski definition) is 0. The predicted molar refractivity (Wildman–Crippen MR) is 92.7 cm³/mol. The monoisotopic (exact) mass is 344 g/mol. The molecule has 0 spiro atoms. The number of ketones is 1. The van der Waals surface area contributed by atoms with Crippen LogP contribution in [0.5, 0.6) is 0 Å².